The van der Waals surface area contributed by atoms with Gasteiger partial charge in [0.2, 0.25) is 0 Å². The lowest BCUT2D eigenvalue weighted by Crippen LogP contribution is -1.93. The molecule has 0 amide bonds. The molecule has 0 spiro atoms. The van der Waals surface area contributed by atoms with Crippen molar-refractivity contribution in [2.45, 2.75) is 0 Å². The van der Waals surface area contributed by atoms with Gasteiger partial charge in [0.25, 0.3) is 0 Å². The molecule has 0 saturated heterocycles. The average Bonchev–Trinajstić information content (AvgIpc) is 2.67. The highest BCUT2D eigenvalue weighted by Gasteiger charge is 2.08. The van der Waals surface area contributed by atoms with Crippen molar-refractivity contribution >= 4 is 38.4 Å². The molecule has 0 aliphatic carbocycles. The average molecular weight is 202 g/mol. The van der Waals surface area contributed by atoms with E-state index in [9.17, 15) is 0 Å². The van der Waals surface area contributed by atoms with E-state index in [1.807, 2.05) is 12.1 Å². The number of hydrogen-bond donors (Lipinski definition) is 1. The summed E-state index contributed by atoms with van der Waals surface area (Å²) in [6.45, 7) is 0. The summed E-state index contributed by atoms with van der Waals surface area (Å²) in [5.74, 6) is 0.474. The second kappa shape index (κ2) is 2.62. The summed E-state index contributed by atoms with van der Waals surface area (Å²) in [7, 11) is 0. The summed E-state index contributed by atoms with van der Waals surface area (Å²) < 4.78 is 1.01. The number of nitrogen functional groups attached to an aromatic ring is 1. The second-order valence-corrected chi connectivity index (χ2v) is 3.75. The van der Waals surface area contributed by atoms with E-state index >= 15 is 0 Å². The van der Waals surface area contributed by atoms with Gasteiger partial charge in [-0.2, -0.15) is 0 Å². The molecular formula is C9H6N4S. The molecule has 0 bridgehead atoms. The molecule has 3 rings (SSSR count). The van der Waals surface area contributed by atoms with Crippen LogP contribution in [0.1, 0.15) is 0 Å². The number of rotatable bonds is 0. The molecule has 0 aliphatic heterocycles. The van der Waals surface area contributed by atoms with Crippen LogP contribution in [0.5, 0.6) is 0 Å². The van der Waals surface area contributed by atoms with Crippen LogP contribution in [0.4, 0.5) is 5.82 Å². The summed E-state index contributed by atoms with van der Waals surface area (Å²) in [6.07, 6.45) is 1.75. The number of aromatic nitrogens is 3. The van der Waals surface area contributed by atoms with Crippen molar-refractivity contribution in [2.75, 3.05) is 5.73 Å². The largest absolute Gasteiger partial charge is 0.382 e. The van der Waals surface area contributed by atoms with E-state index in [2.05, 4.69) is 15.0 Å². The van der Waals surface area contributed by atoms with Crippen molar-refractivity contribution in [3.05, 3.63) is 23.8 Å². The molecule has 3 heterocycles. The van der Waals surface area contributed by atoms with Gasteiger partial charge in [0.1, 0.15) is 11.0 Å². The van der Waals surface area contributed by atoms with Crippen LogP contribution in [-0.2, 0) is 0 Å². The van der Waals surface area contributed by atoms with Crippen LogP contribution in [0.2, 0.25) is 0 Å². The minimum absolute atomic E-state index is 0.474. The van der Waals surface area contributed by atoms with Crippen LogP contribution in [0, 0.1) is 0 Å². The highest BCUT2D eigenvalue weighted by molar-refractivity contribution is 7.17. The van der Waals surface area contributed by atoms with Crippen LogP contribution in [0.3, 0.4) is 0 Å². The van der Waals surface area contributed by atoms with Gasteiger partial charge in [-0.1, -0.05) is 0 Å². The Bertz CT molecular complexity index is 616. The Morgan fingerprint density at radius 3 is 3.07 bits per heavy atom. The molecule has 14 heavy (non-hydrogen) atoms. The fourth-order valence-electron chi connectivity index (χ4n) is 1.44. The molecular weight excluding hydrogens is 196 g/mol. The molecule has 0 saturated carbocycles. The van der Waals surface area contributed by atoms with Gasteiger partial charge in [-0.15, -0.1) is 11.3 Å². The summed E-state index contributed by atoms with van der Waals surface area (Å²) >= 11 is 1.54. The van der Waals surface area contributed by atoms with Gasteiger partial charge in [-0.05, 0) is 12.1 Å². The summed E-state index contributed by atoms with van der Waals surface area (Å²) in [5.41, 5.74) is 9.98. The van der Waals surface area contributed by atoms with Crippen molar-refractivity contribution in [2.24, 2.45) is 0 Å². The number of nitrogens with zero attached hydrogens (tertiary/aromatic N) is 3. The summed E-state index contributed by atoms with van der Waals surface area (Å²) in [6, 6.07) is 3.75. The highest BCUT2D eigenvalue weighted by Crippen LogP contribution is 2.28. The van der Waals surface area contributed by atoms with E-state index in [0.717, 1.165) is 21.3 Å². The fraction of sp³-hybridized carbons (Fsp3) is 0. The molecule has 3 aromatic rings. The highest BCUT2D eigenvalue weighted by atomic mass is 32.1. The third-order valence-corrected chi connectivity index (χ3v) is 2.89. The summed E-state index contributed by atoms with van der Waals surface area (Å²) in [5, 5.41) is 0. The van der Waals surface area contributed by atoms with Crippen LogP contribution in [0.25, 0.3) is 21.3 Å². The van der Waals surface area contributed by atoms with Gasteiger partial charge in [0, 0.05) is 6.20 Å². The third kappa shape index (κ3) is 0.898. The van der Waals surface area contributed by atoms with Crippen molar-refractivity contribution < 1.29 is 0 Å². The molecule has 0 atom stereocenters. The molecule has 0 radical (unpaired) electrons. The number of nitrogens with two attached hydrogens (primary N) is 1. The van der Waals surface area contributed by atoms with E-state index in [4.69, 9.17) is 5.73 Å². The van der Waals surface area contributed by atoms with E-state index < -0.39 is 0 Å². The van der Waals surface area contributed by atoms with E-state index in [-0.39, 0.29) is 0 Å². The molecule has 68 valence electrons. The molecule has 0 unspecified atom stereocenters. The van der Waals surface area contributed by atoms with Gasteiger partial charge >= 0.3 is 0 Å². The van der Waals surface area contributed by atoms with Crippen molar-refractivity contribution in [3.63, 3.8) is 0 Å². The first-order valence-corrected chi connectivity index (χ1v) is 4.97. The lowest BCUT2D eigenvalue weighted by Gasteiger charge is -1.98. The molecule has 0 aliphatic rings. The predicted molar refractivity (Wildman–Crippen MR) is 57.1 cm³/mol. The second-order valence-electron chi connectivity index (χ2n) is 2.90. The minimum atomic E-state index is 0.474. The van der Waals surface area contributed by atoms with E-state index in [1.165, 1.54) is 11.3 Å². The molecule has 0 aromatic carbocycles. The standard InChI is InChI=1S/C9H6N4S/c10-9-7-8(14-4-12-7)6-5(13-9)2-1-3-11-6/h1-4H,(H2,10,13). The lowest BCUT2D eigenvalue weighted by molar-refractivity contribution is 1.35. The lowest BCUT2D eigenvalue weighted by atomic mass is 10.3. The molecule has 5 heteroatoms. The Balaban J connectivity index is 2.66. The fourth-order valence-corrected chi connectivity index (χ4v) is 2.24. The molecule has 2 N–H and O–H groups in total. The molecule has 4 nitrogen and oxygen atoms in total. The van der Waals surface area contributed by atoms with Crippen molar-refractivity contribution in [1.29, 1.82) is 0 Å². The number of fused-ring (bicyclic) bond motifs is 3. The van der Waals surface area contributed by atoms with Gasteiger partial charge in [0.15, 0.2) is 5.82 Å². The van der Waals surface area contributed by atoms with E-state index in [0.29, 0.717) is 5.82 Å². The monoisotopic (exact) mass is 202 g/mol. The first-order valence-electron chi connectivity index (χ1n) is 4.09. The first-order chi connectivity index (χ1) is 6.86. The maximum atomic E-state index is 5.77. The maximum absolute atomic E-state index is 5.77. The maximum Gasteiger partial charge on any atom is 0.151 e. The normalized spacial score (nSPS) is 11.1. The Morgan fingerprint density at radius 1 is 1.21 bits per heavy atom. The minimum Gasteiger partial charge on any atom is -0.382 e. The number of pyridine rings is 2. The van der Waals surface area contributed by atoms with Crippen molar-refractivity contribution in [3.8, 4) is 0 Å². The predicted octanol–water partition coefficient (Wildman–Crippen LogP) is 1.82. The zero-order valence-electron chi connectivity index (χ0n) is 7.14. The van der Waals surface area contributed by atoms with Gasteiger partial charge in [-0.25, -0.2) is 9.97 Å². The van der Waals surface area contributed by atoms with Gasteiger partial charge in [0.05, 0.1) is 15.7 Å². The molecule has 0 fully saturated rings. The Kier molecular flexibility index (Phi) is 1.43. The Morgan fingerprint density at radius 2 is 2.14 bits per heavy atom. The SMILES string of the molecule is Nc1nc2cccnc2c2scnc12. The number of thiazole rings is 1. The Labute approximate surface area is 83.4 Å². The van der Waals surface area contributed by atoms with Crippen LogP contribution in [-0.4, -0.2) is 15.0 Å². The molecule has 3 aromatic heterocycles. The van der Waals surface area contributed by atoms with Crippen LogP contribution in [0.15, 0.2) is 23.8 Å². The Hall–Kier alpha value is -1.75. The van der Waals surface area contributed by atoms with Gasteiger partial charge < -0.3 is 5.73 Å². The van der Waals surface area contributed by atoms with Gasteiger partial charge in [-0.3, -0.25) is 4.98 Å². The summed E-state index contributed by atoms with van der Waals surface area (Å²) in [4.78, 5) is 12.7. The quantitative estimate of drug-likeness (QED) is 0.604. The zero-order chi connectivity index (χ0) is 9.54. The number of hydrogen-bond acceptors (Lipinski definition) is 5. The smallest absolute Gasteiger partial charge is 0.151 e. The van der Waals surface area contributed by atoms with Crippen LogP contribution < -0.4 is 5.73 Å². The number of anilines is 1. The first kappa shape index (κ1) is 7.64. The van der Waals surface area contributed by atoms with Crippen molar-refractivity contribution in [1.82, 2.24) is 15.0 Å². The van der Waals surface area contributed by atoms with Crippen LogP contribution >= 0.6 is 11.3 Å². The zero-order valence-corrected chi connectivity index (χ0v) is 7.95. The van der Waals surface area contributed by atoms with E-state index in [1.54, 1.807) is 11.7 Å². The topological polar surface area (TPSA) is 64.7 Å². The third-order valence-electron chi connectivity index (χ3n) is 2.05.